The molecule has 0 radical (unpaired) electrons. The molecule has 5 rings (SSSR count). The lowest BCUT2D eigenvalue weighted by atomic mass is 9.82. The standard InChI is InChI=1S/C26H19N3O10S3/c27-24-21(42(37,38)39)13-19(22-23(24)26(31)17-9-5-4-8-16(17)25(22)30)28-14-10-11-18(20(12-14)41(34,35)36)29-40(32,33)15-6-2-1-3-7-15/h1-13,28-29H,27H2,(H,34,35,36)(H,37,38,39). The SMILES string of the molecule is Nc1c(S(=O)(=O)O)cc(Nc2ccc(NS(=O)(=O)c3ccccc3)c(S(=O)(=O)O)c2)c2c1C(=O)c1ccccc1C2=O. The Morgan fingerprint density at radius 2 is 1.17 bits per heavy atom. The molecule has 0 atom stereocenters. The zero-order chi connectivity index (χ0) is 30.6. The van der Waals surface area contributed by atoms with Crippen LogP contribution in [0.5, 0.6) is 0 Å². The van der Waals surface area contributed by atoms with Crippen LogP contribution in [0.3, 0.4) is 0 Å². The molecule has 16 heteroatoms. The summed E-state index contributed by atoms with van der Waals surface area (Å²) in [5, 5.41) is 2.63. The van der Waals surface area contributed by atoms with Gasteiger partial charge < -0.3 is 11.1 Å². The average Bonchev–Trinajstić information content (AvgIpc) is 2.92. The van der Waals surface area contributed by atoms with Crippen molar-refractivity contribution in [1.82, 2.24) is 0 Å². The van der Waals surface area contributed by atoms with Gasteiger partial charge in [-0.1, -0.05) is 42.5 Å². The summed E-state index contributed by atoms with van der Waals surface area (Å²) in [4.78, 5) is 24.8. The predicted octanol–water partition coefficient (Wildman–Crippen LogP) is 3.08. The van der Waals surface area contributed by atoms with Gasteiger partial charge in [0.2, 0.25) is 0 Å². The van der Waals surface area contributed by atoms with E-state index < -0.39 is 68.6 Å². The van der Waals surface area contributed by atoms with E-state index in [1.165, 1.54) is 48.5 Å². The van der Waals surface area contributed by atoms with Crippen LogP contribution >= 0.6 is 0 Å². The Kier molecular flexibility index (Phi) is 6.91. The highest BCUT2D eigenvalue weighted by molar-refractivity contribution is 7.93. The lowest BCUT2D eigenvalue weighted by molar-refractivity contribution is 0.0980. The topological polar surface area (TPSA) is 227 Å². The van der Waals surface area contributed by atoms with Gasteiger partial charge in [0.05, 0.1) is 33.1 Å². The maximum Gasteiger partial charge on any atom is 0.296 e. The van der Waals surface area contributed by atoms with Gasteiger partial charge in [-0.2, -0.15) is 16.8 Å². The van der Waals surface area contributed by atoms with Crippen LogP contribution < -0.4 is 15.8 Å². The fraction of sp³-hybridized carbons (Fsp3) is 0. The molecule has 216 valence electrons. The number of rotatable bonds is 7. The summed E-state index contributed by atoms with van der Waals surface area (Å²) in [5.41, 5.74) is 3.31. The summed E-state index contributed by atoms with van der Waals surface area (Å²) in [6.07, 6.45) is 0. The molecular formula is C26H19N3O10S3. The Morgan fingerprint density at radius 1 is 0.619 bits per heavy atom. The molecule has 13 nitrogen and oxygen atoms in total. The van der Waals surface area contributed by atoms with Crippen LogP contribution in [-0.2, 0) is 30.3 Å². The quantitative estimate of drug-likeness (QED) is 0.129. The number of nitrogens with one attached hydrogen (secondary N) is 2. The molecule has 0 heterocycles. The van der Waals surface area contributed by atoms with Gasteiger partial charge in [-0.3, -0.25) is 23.4 Å². The third-order valence-electron chi connectivity index (χ3n) is 6.31. The molecule has 4 aromatic carbocycles. The summed E-state index contributed by atoms with van der Waals surface area (Å²) in [5.74, 6) is -1.52. The van der Waals surface area contributed by atoms with Crippen LogP contribution in [0.15, 0.2) is 93.5 Å². The third kappa shape index (κ3) is 5.12. The van der Waals surface area contributed by atoms with Gasteiger partial charge in [-0.05, 0) is 36.4 Å². The van der Waals surface area contributed by atoms with Crippen molar-refractivity contribution in [3.8, 4) is 0 Å². The first kappa shape index (κ1) is 28.9. The van der Waals surface area contributed by atoms with Crippen molar-refractivity contribution in [2.75, 3.05) is 15.8 Å². The third-order valence-corrected chi connectivity index (χ3v) is 9.48. The molecule has 1 aliphatic carbocycles. The number of fused-ring (bicyclic) bond motifs is 2. The normalized spacial score (nSPS) is 13.3. The molecule has 0 aromatic heterocycles. The van der Waals surface area contributed by atoms with Crippen molar-refractivity contribution in [2.24, 2.45) is 0 Å². The van der Waals surface area contributed by atoms with E-state index in [4.69, 9.17) is 5.73 Å². The Labute approximate surface area is 239 Å². The molecule has 4 aromatic rings. The molecule has 0 unspecified atom stereocenters. The average molecular weight is 630 g/mol. The van der Waals surface area contributed by atoms with Crippen molar-refractivity contribution in [2.45, 2.75) is 14.7 Å². The largest absolute Gasteiger partial charge is 0.397 e. The molecule has 0 aliphatic heterocycles. The van der Waals surface area contributed by atoms with Gasteiger partial charge in [-0.25, -0.2) is 8.42 Å². The lowest BCUT2D eigenvalue weighted by Crippen LogP contribution is -2.25. The molecule has 1 aliphatic rings. The summed E-state index contributed by atoms with van der Waals surface area (Å²) in [6.45, 7) is 0. The number of carbonyl (C=O) groups excluding carboxylic acids is 2. The summed E-state index contributed by atoms with van der Waals surface area (Å²) >= 11 is 0. The van der Waals surface area contributed by atoms with E-state index >= 15 is 0 Å². The van der Waals surface area contributed by atoms with Crippen LogP contribution in [0.25, 0.3) is 0 Å². The van der Waals surface area contributed by atoms with E-state index in [1.807, 2.05) is 0 Å². The number of nitrogens with two attached hydrogens (primary N) is 1. The lowest BCUT2D eigenvalue weighted by Gasteiger charge is -2.24. The molecule has 6 N–H and O–H groups in total. The Balaban J connectivity index is 1.66. The summed E-state index contributed by atoms with van der Waals surface area (Å²) < 4.78 is 96.1. The predicted molar refractivity (Wildman–Crippen MR) is 151 cm³/mol. The fourth-order valence-corrected chi connectivity index (χ4v) is 6.95. The van der Waals surface area contributed by atoms with Crippen LogP contribution in [0.2, 0.25) is 0 Å². The van der Waals surface area contributed by atoms with Gasteiger partial charge >= 0.3 is 0 Å². The fourth-order valence-electron chi connectivity index (χ4n) is 4.46. The van der Waals surface area contributed by atoms with Gasteiger partial charge in [-0.15, -0.1) is 0 Å². The van der Waals surface area contributed by atoms with Crippen LogP contribution in [-0.4, -0.2) is 45.9 Å². The highest BCUT2D eigenvalue weighted by Gasteiger charge is 2.36. The van der Waals surface area contributed by atoms with E-state index in [0.717, 1.165) is 24.3 Å². The zero-order valence-corrected chi connectivity index (χ0v) is 23.4. The minimum absolute atomic E-state index is 0.0126. The smallest absolute Gasteiger partial charge is 0.296 e. The number of benzene rings is 4. The number of nitrogen functional groups attached to an aromatic ring is 1. The minimum atomic E-state index is -5.06. The molecule has 42 heavy (non-hydrogen) atoms. The van der Waals surface area contributed by atoms with Crippen LogP contribution in [0.4, 0.5) is 22.7 Å². The van der Waals surface area contributed by atoms with E-state index in [1.54, 1.807) is 6.07 Å². The number of sulfonamides is 1. The first-order valence-electron chi connectivity index (χ1n) is 11.7. The number of ketones is 2. The maximum absolute atomic E-state index is 13.5. The second kappa shape index (κ2) is 10.0. The van der Waals surface area contributed by atoms with E-state index in [9.17, 15) is 43.9 Å². The van der Waals surface area contributed by atoms with E-state index in [0.29, 0.717) is 0 Å². The Hall–Kier alpha value is -4.61. The van der Waals surface area contributed by atoms with E-state index in [2.05, 4.69) is 10.0 Å². The van der Waals surface area contributed by atoms with Gasteiger partial charge in [0, 0.05) is 16.8 Å². The van der Waals surface area contributed by atoms with E-state index in [-0.39, 0.29) is 33.0 Å². The van der Waals surface area contributed by atoms with Crippen molar-refractivity contribution < 1.29 is 43.9 Å². The molecule has 0 fully saturated rings. The second-order valence-electron chi connectivity index (χ2n) is 8.99. The monoisotopic (exact) mass is 629 g/mol. The highest BCUT2D eigenvalue weighted by atomic mass is 32.2. The Bertz CT molecular complexity index is 2150. The summed E-state index contributed by atoms with van der Waals surface area (Å²) in [6, 6.07) is 16.5. The minimum Gasteiger partial charge on any atom is -0.397 e. The van der Waals surface area contributed by atoms with Crippen LogP contribution in [0, 0.1) is 0 Å². The van der Waals surface area contributed by atoms with Crippen molar-refractivity contribution in [1.29, 1.82) is 0 Å². The van der Waals surface area contributed by atoms with Crippen molar-refractivity contribution in [3.63, 3.8) is 0 Å². The van der Waals surface area contributed by atoms with Crippen molar-refractivity contribution in [3.05, 3.63) is 101 Å². The van der Waals surface area contributed by atoms with Crippen molar-refractivity contribution >= 4 is 64.6 Å². The molecule has 0 amide bonds. The Morgan fingerprint density at radius 3 is 1.74 bits per heavy atom. The molecule has 0 bridgehead atoms. The number of hydrogen-bond donors (Lipinski definition) is 5. The summed E-state index contributed by atoms with van der Waals surface area (Å²) in [7, 11) is -14.4. The number of carbonyl (C=O) groups is 2. The molecule has 0 saturated carbocycles. The van der Waals surface area contributed by atoms with Gasteiger partial charge in [0.25, 0.3) is 30.3 Å². The first-order valence-corrected chi connectivity index (χ1v) is 16.0. The zero-order valence-electron chi connectivity index (χ0n) is 21.0. The molecule has 0 spiro atoms. The van der Waals surface area contributed by atoms with Gasteiger partial charge in [0.1, 0.15) is 9.79 Å². The number of anilines is 4. The number of hydrogen-bond acceptors (Lipinski definition) is 10. The second-order valence-corrected chi connectivity index (χ2v) is 13.5. The molecule has 0 saturated heterocycles. The molecular weight excluding hydrogens is 610 g/mol. The first-order chi connectivity index (χ1) is 19.6. The van der Waals surface area contributed by atoms with Crippen LogP contribution in [0.1, 0.15) is 31.8 Å². The highest BCUT2D eigenvalue weighted by Crippen LogP contribution is 2.40. The van der Waals surface area contributed by atoms with Gasteiger partial charge in [0.15, 0.2) is 11.6 Å². The maximum atomic E-state index is 13.5.